The van der Waals surface area contributed by atoms with E-state index in [-0.39, 0.29) is 0 Å². The topological polar surface area (TPSA) is 29.9 Å². The van der Waals surface area contributed by atoms with Gasteiger partial charge < -0.3 is 5.43 Å². The van der Waals surface area contributed by atoms with Gasteiger partial charge in [-0.3, -0.25) is 9.66 Å². The van der Waals surface area contributed by atoms with Gasteiger partial charge in [0.15, 0.2) is 0 Å². The molecule has 3 aromatic rings. The molecule has 0 saturated heterocycles. The highest BCUT2D eigenvalue weighted by Crippen LogP contribution is 2.33. The summed E-state index contributed by atoms with van der Waals surface area (Å²) in [7, 11) is 1.92. The summed E-state index contributed by atoms with van der Waals surface area (Å²) >= 11 is 0. The predicted molar refractivity (Wildman–Crippen MR) is 80.5 cm³/mol. The molecule has 3 nitrogen and oxygen atoms in total. The van der Waals surface area contributed by atoms with Crippen molar-refractivity contribution in [1.29, 1.82) is 0 Å². The van der Waals surface area contributed by atoms with Gasteiger partial charge in [-0.25, -0.2) is 0 Å². The molecule has 19 heavy (non-hydrogen) atoms. The van der Waals surface area contributed by atoms with Gasteiger partial charge >= 0.3 is 0 Å². The van der Waals surface area contributed by atoms with Crippen LogP contribution in [0.5, 0.6) is 0 Å². The van der Waals surface area contributed by atoms with Gasteiger partial charge in [-0.15, -0.1) is 0 Å². The van der Waals surface area contributed by atoms with Gasteiger partial charge in [-0.1, -0.05) is 30.9 Å². The Labute approximate surface area is 112 Å². The summed E-state index contributed by atoms with van der Waals surface area (Å²) < 4.78 is 2.08. The van der Waals surface area contributed by atoms with Crippen molar-refractivity contribution in [3.05, 3.63) is 60.9 Å². The molecule has 0 spiro atoms. The number of para-hydroxylation sites is 1. The van der Waals surface area contributed by atoms with E-state index in [4.69, 9.17) is 0 Å². The minimum atomic E-state index is 1.11. The average molecular weight is 249 g/mol. The first-order valence-electron chi connectivity index (χ1n) is 6.21. The highest BCUT2D eigenvalue weighted by molar-refractivity contribution is 5.97. The van der Waals surface area contributed by atoms with Gasteiger partial charge in [0.2, 0.25) is 0 Å². The summed E-state index contributed by atoms with van der Waals surface area (Å²) in [5, 5.41) is 1.19. The molecule has 0 radical (unpaired) electrons. The summed E-state index contributed by atoms with van der Waals surface area (Å²) in [5.74, 6) is 0. The number of rotatable bonds is 3. The third-order valence-corrected chi connectivity index (χ3v) is 3.30. The molecule has 0 aliphatic carbocycles. The van der Waals surface area contributed by atoms with Gasteiger partial charge in [0.25, 0.3) is 0 Å². The summed E-state index contributed by atoms with van der Waals surface area (Å²) in [6, 6.07) is 12.3. The van der Waals surface area contributed by atoms with E-state index in [1.54, 1.807) is 12.4 Å². The molecule has 0 unspecified atom stereocenters. The number of nitrogens with one attached hydrogen (secondary N) is 1. The summed E-state index contributed by atoms with van der Waals surface area (Å²) in [6.07, 6.45) is 5.52. The lowest BCUT2D eigenvalue weighted by atomic mass is 10.1. The first-order chi connectivity index (χ1) is 9.36. The standard InChI is InChI=1S/C16H15N3/c1-3-13-14-6-4-5-7-15(14)19(17-2)16(13)12-8-10-18-11-9-12/h3-11,17H,1H2,2H3. The minimum Gasteiger partial charge on any atom is -0.328 e. The highest BCUT2D eigenvalue weighted by atomic mass is 15.4. The summed E-state index contributed by atoms with van der Waals surface area (Å²) in [5.41, 5.74) is 7.75. The molecule has 1 aromatic carbocycles. The van der Waals surface area contributed by atoms with Crippen LogP contribution in [0.15, 0.2) is 55.4 Å². The Balaban J connectivity index is 2.43. The van der Waals surface area contributed by atoms with Gasteiger partial charge in [-0.2, -0.15) is 0 Å². The van der Waals surface area contributed by atoms with Crippen molar-refractivity contribution in [3.8, 4) is 11.3 Å². The molecule has 0 atom stereocenters. The lowest BCUT2D eigenvalue weighted by Crippen LogP contribution is -2.10. The third kappa shape index (κ3) is 1.71. The average Bonchev–Trinajstić information content (AvgIpc) is 2.81. The van der Waals surface area contributed by atoms with E-state index in [1.807, 2.05) is 37.4 Å². The number of fused-ring (bicyclic) bond motifs is 1. The van der Waals surface area contributed by atoms with E-state index >= 15 is 0 Å². The maximum absolute atomic E-state index is 4.08. The van der Waals surface area contributed by atoms with Gasteiger partial charge in [0, 0.05) is 36.0 Å². The molecule has 2 heterocycles. The summed E-state index contributed by atoms with van der Waals surface area (Å²) in [6.45, 7) is 3.96. The molecular weight excluding hydrogens is 234 g/mol. The third-order valence-electron chi connectivity index (χ3n) is 3.30. The number of aromatic nitrogens is 2. The number of nitrogens with zero attached hydrogens (tertiary/aromatic N) is 2. The van der Waals surface area contributed by atoms with Crippen molar-refractivity contribution in [3.63, 3.8) is 0 Å². The fraction of sp³-hybridized carbons (Fsp3) is 0.0625. The lowest BCUT2D eigenvalue weighted by molar-refractivity contribution is 0.983. The van der Waals surface area contributed by atoms with Crippen LogP contribution in [-0.4, -0.2) is 16.7 Å². The molecule has 0 bridgehead atoms. The first kappa shape index (κ1) is 11.5. The van der Waals surface area contributed by atoms with Crippen molar-refractivity contribution in [1.82, 2.24) is 9.66 Å². The number of benzene rings is 1. The smallest absolute Gasteiger partial charge is 0.0778 e. The highest BCUT2D eigenvalue weighted by Gasteiger charge is 2.15. The molecule has 0 fully saturated rings. The van der Waals surface area contributed by atoms with Gasteiger partial charge in [0.05, 0.1) is 11.2 Å². The Kier molecular flexibility index (Phi) is 2.80. The molecular formula is C16H15N3. The van der Waals surface area contributed by atoms with Crippen LogP contribution in [0.3, 0.4) is 0 Å². The molecule has 0 amide bonds. The molecule has 1 N–H and O–H groups in total. The second-order valence-electron chi connectivity index (χ2n) is 4.28. The molecule has 3 rings (SSSR count). The van der Waals surface area contributed by atoms with Gasteiger partial charge in [-0.05, 0) is 18.2 Å². The SMILES string of the molecule is C=Cc1c(-c2ccncc2)n(NC)c2ccccc12. The number of hydrogen-bond donors (Lipinski definition) is 1. The first-order valence-corrected chi connectivity index (χ1v) is 6.21. The molecule has 3 heteroatoms. The van der Waals surface area contributed by atoms with Crippen molar-refractivity contribution < 1.29 is 0 Å². The van der Waals surface area contributed by atoms with E-state index in [1.165, 1.54) is 5.39 Å². The van der Waals surface area contributed by atoms with Crippen molar-refractivity contribution in [2.45, 2.75) is 0 Å². The monoisotopic (exact) mass is 249 g/mol. The van der Waals surface area contributed by atoms with E-state index in [9.17, 15) is 0 Å². The van der Waals surface area contributed by atoms with E-state index in [0.29, 0.717) is 0 Å². The molecule has 0 aliphatic heterocycles. The molecule has 0 aliphatic rings. The molecule has 2 aromatic heterocycles. The quantitative estimate of drug-likeness (QED) is 0.769. The fourth-order valence-electron chi connectivity index (χ4n) is 2.50. The van der Waals surface area contributed by atoms with Crippen LogP contribution < -0.4 is 5.43 Å². The zero-order valence-electron chi connectivity index (χ0n) is 10.8. The zero-order valence-corrected chi connectivity index (χ0v) is 10.8. The Morgan fingerprint density at radius 1 is 1.16 bits per heavy atom. The number of pyridine rings is 1. The fourth-order valence-corrected chi connectivity index (χ4v) is 2.50. The zero-order chi connectivity index (χ0) is 13.2. The van der Waals surface area contributed by atoms with E-state index in [0.717, 1.165) is 22.3 Å². The number of hydrogen-bond acceptors (Lipinski definition) is 2. The largest absolute Gasteiger partial charge is 0.328 e. The normalized spacial score (nSPS) is 10.6. The van der Waals surface area contributed by atoms with Crippen molar-refractivity contribution >= 4 is 17.0 Å². The Morgan fingerprint density at radius 2 is 1.89 bits per heavy atom. The van der Waals surface area contributed by atoms with Crippen LogP contribution in [0.2, 0.25) is 0 Å². The minimum absolute atomic E-state index is 1.11. The van der Waals surface area contributed by atoms with Crippen LogP contribution >= 0.6 is 0 Å². The second kappa shape index (κ2) is 4.61. The van der Waals surface area contributed by atoms with Crippen LogP contribution in [0, 0.1) is 0 Å². The molecule has 0 saturated carbocycles. The van der Waals surface area contributed by atoms with Crippen molar-refractivity contribution in [2.24, 2.45) is 0 Å². The van der Waals surface area contributed by atoms with E-state index in [2.05, 4.69) is 33.8 Å². The predicted octanol–water partition coefficient (Wildman–Crippen LogP) is 3.52. The summed E-state index contributed by atoms with van der Waals surface area (Å²) in [4.78, 5) is 4.08. The van der Waals surface area contributed by atoms with Crippen molar-refractivity contribution in [2.75, 3.05) is 12.5 Å². The Bertz CT molecular complexity index is 726. The van der Waals surface area contributed by atoms with Crippen LogP contribution in [0.4, 0.5) is 0 Å². The second-order valence-corrected chi connectivity index (χ2v) is 4.28. The van der Waals surface area contributed by atoms with E-state index < -0.39 is 0 Å². The Hall–Kier alpha value is -2.55. The Morgan fingerprint density at radius 3 is 2.58 bits per heavy atom. The maximum atomic E-state index is 4.08. The maximum Gasteiger partial charge on any atom is 0.0778 e. The lowest BCUT2D eigenvalue weighted by Gasteiger charge is -2.10. The molecule has 94 valence electrons. The van der Waals surface area contributed by atoms with Crippen LogP contribution in [0.1, 0.15) is 5.56 Å². The van der Waals surface area contributed by atoms with Crippen LogP contribution in [0.25, 0.3) is 28.2 Å². The van der Waals surface area contributed by atoms with Crippen LogP contribution in [-0.2, 0) is 0 Å². The van der Waals surface area contributed by atoms with Gasteiger partial charge in [0.1, 0.15) is 0 Å².